The summed E-state index contributed by atoms with van der Waals surface area (Å²) in [5.74, 6) is -0.592. The number of hydrogen-bond acceptors (Lipinski definition) is 4. The highest BCUT2D eigenvalue weighted by Gasteiger charge is 2.31. The highest BCUT2D eigenvalue weighted by atomic mass is 19.1. The van der Waals surface area contributed by atoms with E-state index in [9.17, 15) is 14.0 Å². The molecule has 0 unspecified atom stereocenters. The van der Waals surface area contributed by atoms with Gasteiger partial charge in [-0.05, 0) is 49.9 Å². The molecule has 2 amide bonds. The van der Waals surface area contributed by atoms with Gasteiger partial charge in [0.15, 0.2) is 0 Å². The Labute approximate surface area is 210 Å². The lowest BCUT2D eigenvalue weighted by atomic mass is 10.0. The van der Waals surface area contributed by atoms with Crippen LogP contribution in [-0.4, -0.2) is 64.3 Å². The fraction of sp³-hybridized carbons (Fsp3) is 0.321. The molecule has 2 aromatic heterocycles. The van der Waals surface area contributed by atoms with E-state index in [1.165, 1.54) is 6.07 Å². The lowest BCUT2D eigenvalue weighted by Crippen LogP contribution is -2.42. The Hall–Kier alpha value is -3.78. The molecular formula is C28H30FN5O2. The molecule has 5 rings (SSSR count). The zero-order chi connectivity index (χ0) is 25.4. The van der Waals surface area contributed by atoms with Crippen LogP contribution in [0.15, 0.2) is 36.5 Å². The maximum absolute atomic E-state index is 14.4. The molecular weight excluding hydrogens is 457 g/mol. The van der Waals surface area contributed by atoms with Gasteiger partial charge < -0.3 is 20.1 Å². The molecule has 0 saturated heterocycles. The van der Waals surface area contributed by atoms with Crippen molar-refractivity contribution in [1.82, 2.24) is 19.8 Å². The quantitative estimate of drug-likeness (QED) is 0.486. The van der Waals surface area contributed by atoms with Crippen LogP contribution in [0.5, 0.6) is 0 Å². The predicted molar refractivity (Wildman–Crippen MR) is 139 cm³/mol. The number of carbonyl (C=O) groups excluding carboxylic acids is 2. The highest BCUT2D eigenvalue weighted by molar-refractivity contribution is 6.35. The van der Waals surface area contributed by atoms with Gasteiger partial charge in [-0.3, -0.25) is 14.6 Å². The summed E-state index contributed by atoms with van der Waals surface area (Å²) in [5, 5.41) is 2.84. The summed E-state index contributed by atoms with van der Waals surface area (Å²) >= 11 is 0. The summed E-state index contributed by atoms with van der Waals surface area (Å²) < 4.78 is 14.4. The maximum atomic E-state index is 14.4. The number of aromatic nitrogens is 2. The Bertz CT molecular complexity index is 1370. The number of benzene rings is 1. The summed E-state index contributed by atoms with van der Waals surface area (Å²) in [7, 11) is 0. The first-order valence-corrected chi connectivity index (χ1v) is 12.4. The van der Waals surface area contributed by atoms with Gasteiger partial charge in [0.05, 0.1) is 28.7 Å². The first-order chi connectivity index (χ1) is 17.4. The summed E-state index contributed by atoms with van der Waals surface area (Å²) in [6.45, 7) is 10.3. The molecule has 36 heavy (non-hydrogen) atoms. The van der Waals surface area contributed by atoms with Crippen molar-refractivity contribution in [1.29, 1.82) is 0 Å². The van der Waals surface area contributed by atoms with Gasteiger partial charge in [0.1, 0.15) is 5.82 Å². The summed E-state index contributed by atoms with van der Waals surface area (Å²) in [6, 6.07) is 8.17. The molecule has 186 valence electrons. The molecule has 0 radical (unpaired) electrons. The second kappa shape index (κ2) is 9.70. The topological polar surface area (TPSA) is 81.3 Å². The Morgan fingerprint density at radius 2 is 1.94 bits per heavy atom. The molecule has 0 aliphatic carbocycles. The van der Waals surface area contributed by atoms with Crippen molar-refractivity contribution in [3.8, 4) is 11.3 Å². The van der Waals surface area contributed by atoms with Crippen LogP contribution in [-0.2, 0) is 11.2 Å². The number of nitrogens with one attached hydrogen (secondary N) is 2. The fourth-order valence-corrected chi connectivity index (χ4v) is 5.02. The second-order valence-electron chi connectivity index (χ2n) is 9.19. The van der Waals surface area contributed by atoms with Crippen LogP contribution in [0.4, 0.5) is 10.1 Å². The number of likely N-dealkylation sites (N-methyl/N-ethyl adjacent to an activating group) is 1. The predicted octanol–water partition coefficient (Wildman–Crippen LogP) is 4.36. The molecule has 0 atom stereocenters. The van der Waals surface area contributed by atoms with Gasteiger partial charge in [-0.2, -0.15) is 0 Å². The number of pyridine rings is 1. The molecule has 2 aliphatic heterocycles. The lowest BCUT2D eigenvalue weighted by Gasteiger charge is -2.29. The molecule has 2 N–H and O–H groups in total. The zero-order valence-electron chi connectivity index (χ0n) is 20.8. The minimum atomic E-state index is -0.371. The van der Waals surface area contributed by atoms with Crippen molar-refractivity contribution >= 4 is 29.2 Å². The van der Waals surface area contributed by atoms with E-state index < -0.39 is 0 Å². The Kier molecular flexibility index (Phi) is 6.45. The third kappa shape index (κ3) is 4.22. The van der Waals surface area contributed by atoms with Crippen molar-refractivity contribution in [2.75, 3.05) is 38.0 Å². The van der Waals surface area contributed by atoms with E-state index in [2.05, 4.69) is 34.0 Å². The van der Waals surface area contributed by atoms with Gasteiger partial charge >= 0.3 is 0 Å². The highest BCUT2D eigenvalue weighted by Crippen LogP contribution is 2.36. The van der Waals surface area contributed by atoms with E-state index in [4.69, 9.17) is 0 Å². The van der Waals surface area contributed by atoms with Gasteiger partial charge in [-0.25, -0.2) is 4.39 Å². The lowest BCUT2D eigenvalue weighted by molar-refractivity contribution is -0.110. The van der Waals surface area contributed by atoms with Gasteiger partial charge in [-0.1, -0.05) is 26.0 Å². The number of aromatic amines is 1. The molecule has 1 aromatic carbocycles. The zero-order valence-corrected chi connectivity index (χ0v) is 20.8. The number of amides is 2. The van der Waals surface area contributed by atoms with E-state index in [1.54, 1.807) is 36.5 Å². The fourth-order valence-electron chi connectivity index (χ4n) is 5.02. The van der Waals surface area contributed by atoms with E-state index >= 15 is 0 Å². The molecule has 0 saturated carbocycles. The van der Waals surface area contributed by atoms with Crippen LogP contribution in [0.25, 0.3) is 22.9 Å². The summed E-state index contributed by atoms with van der Waals surface area (Å²) in [6.07, 6.45) is 4.08. The van der Waals surface area contributed by atoms with Crippen molar-refractivity contribution in [2.24, 2.45) is 0 Å². The van der Waals surface area contributed by atoms with Crippen molar-refractivity contribution < 1.29 is 14.0 Å². The van der Waals surface area contributed by atoms with Gasteiger partial charge in [0.25, 0.3) is 11.8 Å². The molecule has 0 bridgehead atoms. The standard InChI is InChI=1S/C28H30FN5O2/c1-4-33(5-2)12-13-34-11-10-22-26(28(34)36)17(3)23(31-22)15-20-19-14-24(18-8-6-7-9-21(18)29)30-16-25(19)32-27(20)35/h6-9,14-16,31H,4-5,10-13H2,1-3H3,(H,32,35). The van der Waals surface area contributed by atoms with Gasteiger partial charge in [0.2, 0.25) is 0 Å². The van der Waals surface area contributed by atoms with E-state index in [0.717, 1.165) is 43.0 Å². The molecule has 7 nitrogen and oxygen atoms in total. The minimum Gasteiger partial charge on any atom is -0.358 e. The SMILES string of the molecule is CCN(CC)CCN1CCc2[nH]c(C=C3C(=O)Nc4cnc(-c5ccccc5F)cc43)c(C)c2C1=O. The second-order valence-corrected chi connectivity index (χ2v) is 9.19. The number of fused-ring (bicyclic) bond motifs is 2. The smallest absolute Gasteiger partial charge is 0.256 e. The maximum Gasteiger partial charge on any atom is 0.256 e. The van der Waals surface area contributed by atoms with Crippen molar-refractivity contribution in [2.45, 2.75) is 27.2 Å². The average molecular weight is 488 g/mol. The number of carbonyl (C=O) groups is 2. The molecule has 3 aromatic rings. The average Bonchev–Trinajstić information content (AvgIpc) is 3.37. The summed E-state index contributed by atoms with van der Waals surface area (Å²) in [5.41, 5.74) is 5.71. The van der Waals surface area contributed by atoms with Crippen LogP contribution in [0.3, 0.4) is 0 Å². The van der Waals surface area contributed by atoms with Crippen LogP contribution in [0.2, 0.25) is 0 Å². The van der Waals surface area contributed by atoms with Crippen LogP contribution >= 0.6 is 0 Å². The third-order valence-corrected chi connectivity index (χ3v) is 7.21. The Morgan fingerprint density at radius 3 is 2.69 bits per heavy atom. The monoisotopic (exact) mass is 487 g/mol. The van der Waals surface area contributed by atoms with Gasteiger partial charge in [-0.15, -0.1) is 0 Å². The van der Waals surface area contributed by atoms with Crippen LogP contribution < -0.4 is 5.32 Å². The number of anilines is 1. The number of H-pyrrole nitrogens is 1. The Morgan fingerprint density at radius 1 is 1.17 bits per heavy atom. The molecule has 0 spiro atoms. The molecule has 0 fully saturated rings. The van der Waals surface area contributed by atoms with Crippen LogP contribution in [0, 0.1) is 12.7 Å². The number of rotatable bonds is 7. The minimum absolute atomic E-state index is 0.0316. The number of halogens is 1. The first kappa shape index (κ1) is 23.9. The summed E-state index contributed by atoms with van der Waals surface area (Å²) in [4.78, 5) is 38.1. The van der Waals surface area contributed by atoms with Crippen LogP contribution in [0.1, 0.15) is 46.7 Å². The van der Waals surface area contributed by atoms with Gasteiger partial charge in [0, 0.05) is 48.6 Å². The number of nitrogens with zero attached hydrogens (tertiary/aromatic N) is 3. The third-order valence-electron chi connectivity index (χ3n) is 7.21. The molecule has 4 heterocycles. The first-order valence-electron chi connectivity index (χ1n) is 12.4. The van der Waals surface area contributed by atoms with Crippen molar-refractivity contribution in [3.63, 3.8) is 0 Å². The van der Waals surface area contributed by atoms with Crippen molar-refractivity contribution in [3.05, 3.63) is 70.4 Å². The van der Waals surface area contributed by atoms with E-state index in [0.29, 0.717) is 46.7 Å². The molecule has 8 heteroatoms. The number of hydrogen-bond donors (Lipinski definition) is 2. The normalized spacial score (nSPS) is 16.0. The van der Waals surface area contributed by atoms with E-state index in [-0.39, 0.29) is 17.6 Å². The molecule has 2 aliphatic rings. The van der Waals surface area contributed by atoms with E-state index in [1.807, 2.05) is 11.8 Å². The largest absolute Gasteiger partial charge is 0.358 e. The Balaban J connectivity index is 1.46.